The van der Waals surface area contributed by atoms with E-state index < -0.39 is 5.97 Å². The Morgan fingerprint density at radius 2 is 1.91 bits per heavy atom. The molecule has 4 aromatic rings. The summed E-state index contributed by atoms with van der Waals surface area (Å²) in [6.07, 6.45) is 4.52. The standard InChI is InChI=1S/C34H36N6O3/c1-3-31-26-12-4-5-13-32(26)43-15-14-40(31)20-22-8-6-9-23(16-22)24-10-7-11-25(17-24)36-33(29(19-35)34(41)42)28-18-27(28)30-21-39(2)38-37-30/h4-13,16-17,19,21,27-28,31,35-36H,3,14-15,18,20H2,1-2H3,(H,41,42)/b33-29+,35-19?/t27-,28?,31?/m0/s1. The van der Waals surface area contributed by atoms with Crippen LogP contribution in [0.1, 0.15) is 48.5 Å². The van der Waals surface area contributed by atoms with Gasteiger partial charge in [0.25, 0.3) is 0 Å². The third kappa shape index (κ3) is 6.08. The van der Waals surface area contributed by atoms with Gasteiger partial charge in [0.2, 0.25) is 0 Å². The summed E-state index contributed by atoms with van der Waals surface area (Å²) >= 11 is 0. The minimum Gasteiger partial charge on any atom is -0.492 e. The van der Waals surface area contributed by atoms with Crippen molar-refractivity contribution in [3.05, 3.63) is 107 Å². The van der Waals surface area contributed by atoms with Gasteiger partial charge in [0.1, 0.15) is 12.4 Å². The summed E-state index contributed by atoms with van der Waals surface area (Å²) in [5, 5.41) is 29.3. The number of para-hydroxylation sites is 1. The normalized spacial score (nSPS) is 20.3. The molecule has 0 saturated heterocycles. The van der Waals surface area contributed by atoms with Crippen LogP contribution in [0.5, 0.6) is 5.75 Å². The van der Waals surface area contributed by atoms with Crippen LogP contribution in [0.2, 0.25) is 0 Å². The number of anilines is 1. The number of nitrogens with one attached hydrogen (secondary N) is 2. The Morgan fingerprint density at radius 3 is 2.65 bits per heavy atom. The number of carboxylic acid groups (broad SMARTS) is 1. The Morgan fingerprint density at radius 1 is 1.12 bits per heavy atom. The molecule has 9 nitrogen and oxygen atoms in total. The van der Waals surface area contributed by atoms with Crippen molar-refractivity contribution in [3.8, 4) is 16.9 Å². The average Bonchev–Trinajstić information content (AvgIpc) is 3.73. The molecular weight excluding hydrogens is 540 g/mol. The van der Waals surface area contributed by atoms with E-state index in [9.17, 15) is 9.90 Å². The number of ether oxygens (including phenoxy) is 1. The molecule has 9 heteroatoms. The molecule has 1 aromatic heterocycles. The maximum Gasteiger partial charge on any atom is 0.339 e. The molecule has 1 fully saturated rings. The van der Waals surface area contributed by atoms with Crippen LogP contribution < -0.4 is 10.1 Å². The van der Waals surface area contributed by atoms with Crippen molar-refractivity contribution in [1.29, 1.82) is 5.41 Å². The number of fused-ring (bicyclic) bond motifs is 1. The van der Waals surface area contributed by atoms with Crippen molar-refractivity contribution in [3.63, 3.8) is 0 Å². The maximum atomic E-state index is 12.1. The molecule has 2 heterocycles. The predicted octanol–water partition coefficient (Wildman–Crippen LogP) is 6.03. The number of benzene rings is 3. The number of aliphatic carboxylic acids is 1. The Labute approximate surface area is 251 Å². The molecule has 0 bridgehead atoms. The van der Waals surface area contributed by atoms with Gasteiger partial charge in [-0.1, -0.05) is 60.7 Å². The fraction of sp³-hybridized carbons (Fsp3) is 0.294. The lowest BCUT2D eigenvalue weighted by Crippen LogP contribution is -2.29. The number of allylic oxidation sites excluding steroid dienone is 1. The first-order chi connectivity index (χ1) is 20.9. The van der Waals surface area contributed by atoms with Crippen LogP contribution in [0, 0.1) is 11.3 Å². The smallest absolute Gasteiger partial charge is 0.339 e. The van der Waals surface area contributed by atoms with E-state index in [4.69, 9.17) is 10.1 Å². The molecule has 0 amide bonds. The Hall–Kier alpha value is -4.76. The van der Waals surface area contributed by atoms with Crippen molar-refractivity contribution < 1.29 is 14.6 Å². The number of nitrogens with zero attached hydrogens (tertiary/aromatic N) is 4. The summed E-state index contributed by atoms with van der Waals surface area (Å²) in [6.45, 7) is 4.54. The first-order valence-corrected chi connectivity index (χ1v) is 14.7. The maximum absolute atomic E-state index is 12.1. The Balaban J connectivity index is 1.24. The number of aromatic nitrogens is 3. The van der Waals surface area contributed by atoms with Crippen molar-refractivity contribution >= 4 is 17.9 Å². The zero-order chi connectivity index (χ0) is 29.9. The quantitative estimate of drug-likeness (QED) is 0.156. The molecule has 1 aliphatic carbocycles. The summed E-state index contributed by atoms with van der Waals surface area (Å²) in [5.41, 5.74) is 6.65. The first kappa shape index (κ1) is 28.4. The van der Waals surface area contributed by atoms with E-state index in [2.05, 4.69) is 76.0 Å². The van der Waals surface area contributed by atoms with Crippen molar-refractivity contribution in [2.45, 2.75) is 38.3 Å². The van der Waals surface area contributed by atoms with Gasteiger partial charge in [-0.15, -0.1) is 5.10 Å². The molecule has 3 aromatic carbocycles. The molecule has 1 saturated carbocycles. The highest BCUT2D eigenvalue weighted by Crippen LogP contribution is 2.51. The van der Waals surface area contributed by atoms with Gasteiger partial charge in [0.15, 0.2) is 0 Å². The van der Waals surface area contributed by atoms with Crippen LogP contribution in [-0.4, -0.2) is 50.3 Å². The second-order valence-electron chi connectivity index (χ2n) is 11.2. The highest BCUT2D eigenvalue weighted by molar-refractivity contribution is 6.09. The van der Waals surface area contributed by atoms with Gasteiger partial charge in [-0.3, -0.25) is 9.58 Å². The van der Waals surface area contributed by atoms with E-state index in [1.807, 2.05) is 37.5 Å². The van der Waals surface area contributed by atoms with Crippen molar-refractivity contribution in [2.75, 3.05) is 18.5 Å². The molecule has 2 unspecified atom stereocenters. The van der Waals surface area contributed by atoms with Gasteiger partial charge in [-0.2, -0.15) is 0 Å². The largest absolute Gasteiger partial charge is 0.492 e. The number of hydrogen-bond donors (Lipinski definition) is 3. The monoisotopic (exact) mass is 576 g/mol. The molecule has 220 valence electrons. The zero-order valence-corrected chi connectivity index (χ0v) is 24.4. The Bertz CT molecular complexity index is 1680. The predicted molar refractivity (Wildman–Crippen MR) is 166 cm³/mol. The topological polar surface area (TPSA) is 116 Å². The molecule has 2 aliphatic rings. The van der Waals surface area contributed by atoms with E-state index in [0.29, 0.717) is 12.3 Å². The lowest BCUT2D eigenvalue weighted by atomic mass is 9.99. The third-order valence-electron chi connectivity index (χ3n) is 8.36. The summed E-state index contributed by atoms with van der Waals surface area (Å²) in [5.74, 6) is -0.163. The van der Waals surface area contributed by atoms with Crippen LogP contribution >= 0.6 is 0 Å². The number of carboxylic acids is 1. The van der Waals surface area contributed by atoms with Crippen LogP contribution in [0.4, 0.5) is 5.69 Å². The second kappa shape index (κ2) is 12.2. The fourth-order valence-electron chi connectivity index (χ4n) is 6.19. The summed E-state index contributed by atoms with van der Waals surface area (Å²) in [6, 6.07) is 25.2. The molecule has 6 rings (SSSR count). The number of carbonyl (C=O) groups is 1. The minimum absolute atomic E-state index is 0.0442. The number of hydrogen-bond acceptors (Lipinski definition) is 7. The van der Waals surface area contributed by atoms with Gasteiger partial charge in [0, 0.05) is 67.4 Å². The van der Waals surface area contributed by atoms with Gasteiger partial charge >= 0.3 is 5.97 Å². The highest BCUT2D eigenvalue weighted by Gasteiger charge is 2.45. The van der Waals surface area contributed by atoms with Crippen molar-refractivity contribution in [2.24, 2.45) is 13.0 Å². The fourth-order valence-corrected chi connectivity index (χ4v) is 6.19. The lowest BCUT2D eigenvalue weighted by molar-refractivity contribution is -0.132. The molecule has 0 spiro atoms. The van der Waals surface area contributed by atoms with Crippen LogP contribution in [0.25, 0.3) is 11.1 Å². The van der Waals surface area contributed by atoms with Crippen LogP contribution in [-0.2, 0) is 18.4 Å². The van der Waals surface area contributed by atoms with E-state index in [-0.39, 0.29) is 23.5 Å². The highest BCUT2D eigenvalue weighted by atomic mass is 16.5. The van der Waals surface area contributed by atoms with Crippen molar-refractivity contribution in [1.82, 2.24) is 19.9 Å². The zero-order valence-electron chi connectivity index (χ0n) is 24.4. The summed E-state index contributed by atoms with van der Waals surface area (Å²) in [4.78, 5) is 14.6. The van der Waals surface area contributed by atoms with E-state index in [0.717, 1.165) is 60.4 Å². The van der Waals surface area contributed by atoms with Crippen LogP contribution in [0.15, 0.2) is 90.3 Å². The molecule has 1 aliphatic heterocycles. The van der Waals surface area contributed by atoms with Gasteiger partial charge in [-0.05, 0) is 53.8 Å². The molecule has 43 heavy (non-hydrogen) atoms. The second-order valence-corrected chi connectivity index (χ2v) is 11.2. The van der Waals surface area contributed by atoms with E-state index in [1.165, 1.54) is 11.1 Å². The summed E-state index contributed by atoms with van der Waals surface area (Å²) in [7, 11) is 1.81. The Kier molecular flexibility index (Phi) is 8.07. The average molecular weight is 577 g/mol. The third-order valence-corrected chi connectivity index (χ3v) is 8.36. The number of aryl methyl sites for hydroxylation is 1. The molecule has 3 N–H and O–H groups in total. The molecule has 0 radical (unpaired) electrons. The van der Waals surface area contributed by atoms with Gasteiger partial charge in [0.05, 0.1) is 11.3 Å². The van der Waals surface area contributed by atoms with Crippen LogP contribution in [0.3, 0.4) is 0 Å². The van der Waals surface area contributed by atoms with Gasteiger partial charge in [-0.25, -0.2) is 4.79 Å². The summed E-state index contributed by atoms with van der Waals surface area (Å²) < 4.78 is 7.72. The lowest BCUT2D eigenvalue weighted by Gasteiger charge is -2.29. The first-order valence-electron chi connectivity index (χ1n) is 14.7. The van der Waals surface area contributed by atoms with E-state index >= 15 is 0 Å². The minimum atomic E-state index is -1.13. The molecule has 3 atom stereocenters. The van der Waals surface area contributed by atoms with Gasteiger partial charge < -0.3 is 20.6 Å². The van der Waals surface area contributed by atoms with E-state index in [1.54, 1.807) is 4.68 Å². The number of rotatable bonds is 10. The molecular formula is C34H36N6O3. The SMILES string of the molecule is CCC1c2ccccc2OCCN1Cc1cccc(-c2cccc(N/C(=C(\C=N)C(=O)O)C3C[C@@H]3c3cn(C)nn3)c2)c1.